The zero-order valence-electron chi connectivity index (χ0n) is 16.2. The molecule has 2 aromatic rings. The van der Waals surface area contributed by atoms with Gasteiger partial charge in [0.1, 0.15) is 5.82 Å². The molecular formula is C23H21Cl2FN2O2. The molecule has 2 N–H and O–H groups in total. The van der Waals surface area contributed by atoms with Crippen LogP contribution in [0.15, 0.2) is 42.5 Å². The van der Waals surface area contributed by atoms with E-state index in [0.717, 1.165) is 38.5 Å². The van der Waals surface area contributed by atoms with Crippen molar-refractivity contribution in [3.8, 4) is 0 Å². The lowest BCUT2D eigenvalue weighted by molar-refractivity contribution is -0.243. The van der Waals surface area contributed by atoms with Crippen molar-refractivity contribution >= 4 is 40.7 Å². The van der Waals surface area contributed by atoms with Gasteiger partial charge >= 0.3 is 0 Å². The van der Waals surface area contributed by atoms with E-state index in [1.807, 2.05) is 0 Å². The predicted molar refractivity (Wildman–Crippen MR) is 114 cm³/mol. The van der Waals surface area contributed by atoms with Gasteiger partial charge in [-0.25, -0.2) is 4.39 Å². The average Bonchev–Trinajstić information content (AvgIpc) is 2.61. The SMILES string of the molecule is O=C(NC12CC(C3(C(=O)Nc4ccc(F)cc4)CCC3)(C1)C2)c1ccc(Cl)c(Cl)c1. The van der Waals surface area contributed by atoms with Crippen LogP contribution in [0.3, 0.4) is 0 Å². The molecule has 4 nitrogen and oxygen atoms in total. The van der Waals surface area contributed by atoms with Gasteiger partial charge in [0.15, 0.2) is 0 Å². The summed E-state index contributed by atoms with van der Waals surface area (Å²) >= 11 is 12.0. The molecule has 6 rings (SSSR count). The minimum absolute atomic E-state index is 0.0180. The lowest BCUT2D eigenvalue weighted by atomic mass is 9.28. The first-order chi connectivity index (χ1) is 14.3. The van der Waals surface area contributed by atoms with E-state index in [0.29, 0.717) is 21.3 Å². The predicted octanol–water partition coefficient (Wildman–Crippen LogP) is 5.59. The van der Waals surface area contributed by atoms with E-state index in [1.54, 1.807) is 30.3 Å². The van der Waals surface area contributed by atoms with Gasteiger partial charge in [0.2, 0.25) is 5.91 Å². The number of carbonyl (C=O) groups excluding carboxylic acids is 2. The Morgan fingerprint density at radius 1 is 0.933 bits per heavy atom. The van der Waals surface area contributed by atoms with E-state index in [2.05, 4.69) is 10.6 Å². The summed E-state index contributed by atoms with van der Waals surface area (Å²) in [5.41, 5.74) is 0.414. The third-order valence-corrected chi connectivity index (χ3v) is 8.09. The van der Waals surface area contributed by atoms with Gasteiger partial charge in [-0.1, -0.05) is 29.6 Å². The average molecular weight is 447 g/mol. The molecule has 0 saturated heterocycles. The monoisotopic (exact) mass is 446 g/mol. The number of benzene rings is 2. The van der Waals surface area contributed by atoms with Gasteiger partial charge in [-0.05, 0) is 80.0 Å². The topological polar surface area (TPSA) is 58.2 Å². The second-order valence-corrected chi connectivity index (χ2v) is 9.89. The van der Waals surface area contributed by atoms with Crippen LogP contribution in [-0.2, 0) is 4.79 Å². The minimum atomic E-state index is -0.391. The highest BCUT2D eigenvalue weighted by Gasteiger charge is 2.78. The first-order valence-electron chi connectivity index (χ1n) is 10.1. The van der Waals surface area contributed by atoms with E-state index in [9.17, 15) is 14.0 Å². The van der Waals surface area contributed by atoms with Crippen molar-refractivity contribution in [3.63, 3.8) is 0 Å². The summed E-state index contributed by atoms with van der Waals surface area (Å²) < 4.78 is 13.1. The van der Waals surface area contributed by atoms with Crippen LogP contribution in [0.1, 0.15) is 48.9 Å². The number of nitrogens with one attached hydrogen (secondary N) is 2. The second kappa shape index (κ2) is 6.69. The van der Waals surface area contributed by atoms with Gasteiger partial charge in [0.05, 0.1) is 15.5 Å². The molecular weight excluding hydrogens is 426 g/mol. The first-order valence-corrected chi connectivity index (χ1v) is 10.9. The lowest BCUT2D eigenvalue weighted by Crippen LogP contribution is -2.81. The van der Waals surface area contributed by atoms with Crippen LogP contribution in [0.5, 0.6) is 0 Å². The molecule has 4 aliphatic carbocycles. The number of rotatable bonds is 5. The molecule has 0 unspecified atom stereocenters. The van der Waals surface area contributed by atoms with Crippen LogP contribution in [0, 0.1) is 16.6 Å². The molecule has 30 heavy (non-hydrogen) atoms. The first kappa shape index (κ1) is 19.8. The maximum absolute atomic E-state index is 13.2. The Bertz CT molecular complexity index is 1030. The third-order valence-electron chi connectivity index (χ3n) is 7.35. The summed E-state index contributed by atoms with van der Waals surface area (Å²) in [6.45, 7) is 0. The number of carbonyl (C=O) groups is 2. The van der Waals surface area contributed by atoms with Crippen molar-refractivity contribution < 1.29 is 14.0 Å². The molecule has 0 atom stereocenters. The van der Waals surface area contributed by atoms with Crippen molar-refractivity contribution in [1.82, 2.24) is 5.32 Å². The maximum Gasteiger partial charge on any atom is 0.251 e. The van der Waals surface area contributed by atoms with Crippen LogP contribution >= 0.6 is 23.2 Å². The highest BCUT2D eigenvalue weighted by molar-refractivity contribution is 6.42. The summed E-state index contributed by atoms with van der Waals surface area (Å²) in [5, 5.41) is 6.89. The number of anilines is 1. The number of hydrogen-bond donors (Lipinski definition) is 2. The fourth-order valence-corrected chi connectivity index (χ4v) is 5.99. The van der Waals surface area contributed by atoms with E-state index in [-0.39, 0.29) is 28.6 Å². The van der Waals surface area contributed by atoms with Crippen LogP contribution in [0.25, 0.3) is 0 Å². The quantitative estimate of drug-likeness (QED) is 0.628. The number of hydrogen-bond acceptors (Lipinski definition) is 2. The molecule has 2 bridgehead atoms. The summed E-state index contributed by atoms with van der Waals surface area (Å²) in [7, 11) is 0. The van der Waals surface area contributed by atoms with Gasteiger partial charge in [-0.15, -0.1) is 0 Å². The molecule has 0 radical (unpaired) electrons. The van der Waals surface area contributed by atoms with Gasteiger partial charge in [0.25, 0.3) is 5.91 Å². The van der Waals surface area contributed by atoms with E-state index in [4.69, 9.17) is 23.2 Å². The summed E-state index contributed by atoms with van der Waals surface area (Å²) in [5.74, 6) is -0.477. The third kappa shape index (κ3) is 2.86. The Labute approximate surface area is 184 Å². The van der Waals surface area contributed by atoms with Crippen LogP contribution < -0.4 is 10.6 Å². The lowest BCUT2D eigenvalue weighted by Gasteiger charge is -2.77. The Balaban J connectivity index is 1.25. The fourth-order valence-electron chi connectivity index (χ4n) is 5.69. The Morgan fingerprint density at radius 3 is 2.17 bits per heavy atom. The second-order valence-electron chi connectivity index (χ2n) is 9.07. The summed E-state index contributed by atoms with van der Waals surface area (Å²) in [6, 6.07) is 10.7. The molecule has 7 heteroatoms. The zero-order valence-corrected chi connectivity index (χ0v) is 17.7. The fraction of sp³-hybridized carbons (Fsp3) is 0.391. The largest absolute Gasteiger partial charge is 0.347 e. The van der Waals surface area contributed by atoms with Gasteiger partial charge in [-0.3, -0.25) is 9.59 Å². The highest BCUT2D eigenvalue weighted by atomic mass is 35.5. The Kier molecular flexibility index (Phi) is 4.42. The molecule has 2 amide bonds. The van der Waals surface area contributed by atoms with E-state index < -0.39 is 5.41 Å². The normalized spacial score (nSPS) is 27.8. The molecule has 4 aliphatic rings. The zero-order chi connectivity index (χ0) is 21.1. The highest BCUT2D eigenvalue weighted by Crippen LogP contribution is 2.78. The molecule has 156 valence electrons. The van der Waals surface area contributed by atoms with Gasteiger partial charge < -0.3 is 10.6 Å². The van der Waals surface area contributed by atoms with E-state index >= 15 is 0 Å². The van der Waals surface area contributed by atoms with Crippen molar-refractivity contribution in [2.45, 2.75) is 44.1 Å². The minimum Gasteiger partial charge on any atom is -0.347 e. The molecule has 4 fully saturated rings. The molecule has 0 aliphatic heterocycles. The van der Waals surface area contributed by atoms with E-state index in [1.165, 1.54) is 12.1 Å². The standard InChI is InChI=1S/C23H21Cl2FN2O2/c24-17-7-2-14(10-18(17)25)19(29)28-22-11-21(12-22,13-22)23(8-1-9-23)20(30)27-16-5-3-15(26)4-6-16/h2-7,10H,1,8-9,11-13H2,(H,27,30)(H,28,29). The Hall–Kier alpha value is -2.11. The molecule has 0 spiro atoms. The van der Waals surface area contributed by atoms with Crippen LogP contribution in [-0.4, -0.2) is 17.4 Å². The van der Waals surface area contributed by atoms with Crippen molar-refractivity contribution in [1.29, 1.82) is 0 Å². The smallest absolute Gasteiger partial charge is 0.251 e. The van der Waals surface area contributed by atoms with Crippen molar-refractivity contribution in [2.75, 3.05) is 5.32 Å². The Morgan fingerprint density at radius 2 is 1.60 bits per heavy atom. The molecule has 0 heterocycles. The molecule has 4 saturated carbocycles. The molecule has 2 aromatic carbocycles. The number of halogens is 3. The molecule has 0 aromatic heterocycles. The van der Waals surface area contributed by atoms with Crippen molar-refractivity contribution in [3.05, 3.63) is 63.9 Å². The summed E-state index contributed by atoms with van der Waals surface area (Å²) in [4.78, 5) is 25.8. The van der Waals surface area contributed by atoms with Crippen molar-refractivity contribution in [2.24, 2.45) is 10.8 Å². The summed E-state index contributed by atoms with van der Waals surface area (Å²) in [6.07, 6.45) is 5.17. The van der Waals surface area contributed by atoms with Gasteiger partial charge in [-0.2, -0.15) is 0 Å². The maximum atomic E-state index is 13.2. The number of amides is 2. The van der Waals surface area contributed by atoms with Gasteiger partial charge in [0, 0.05) is 16.8 Å². The van der Waals surface area contributed by atoms with Crippen LogP contribution in [0.2, 0.25) is 10.0 Å². The van der Waals surface area contributed by atoms with Crippen LogP contribution in [0.4, 0.5) is 10.1 Å².